The van der Waals surface area contributed by atoms with Gasteiger partial charge in [-0.15, -0.1) is 0 Å². The van der Waals surface area contributed by atoms with E-state index in [4.69, 9.17) is 0 Å². The third-order valence-electron chi connectivity index (χ3n) is 0. The standard InChI is InChI=1S/Mo.5S. The second kappa shape index (κ2) is 1.64. The van der Waals surface area contributed by atoms with Gasteiger partial charge in [-0.3, -0.25) is 0 Å². The van der Waals surface area contributed by atoms with Crippen molar-refractivity contribution < 1.29 is 5.71 Å². The molecule has 0 N–H and O–H groups in total. The van der Waals surface area contributed by atoms with Gasteiger partial charge in [-0.2, -0.15) is 0 Å². The van der Waals surface area contributed by atoms with E-state index in [1.165, 1.54) is 0 Å². The fourth-order valence-electron chi connectivity index (χ4n) is 0. The van der Waals surface area contributed by atoms with Gasteiger partial charge in [-0.05, 0) is 0 Å². The van der Waals surface area contributed by atoms with E-state index >= 15 is 0 Å². The quantitative estimate of drug-likeness (QED) is 0.608. The minimum atomic E-state index is -3.70. The number of hydrogen-bond acceptors (Lipinski definition) is 5. The van der Waals surface area contributed by atoms with E-state index in [-0.39, 0.29) is 0 Å². The zero-order valence-electron chi connectivity index (χ0n) is 2.45. The van der Waals surface area contributed by atoms with E-state index < -0.39 is 5.71 Å². The van der Waals surface area contributed by atoms with E-state index in [9.17, 15) is 0 Å². The topological polar surface area (TPSA) is 0 Å². The molecule has 0 amide bonds. The molecule has 0 radical (unpaired) electrons. The van der Waals surface area contributed by atoms with Crippen molar-refractivity contribution in [1.29, 1.82) is 0 Å². The Morgan fingerprint density at radius 3 is 0.667 bits per heavy atom. The molecule has 0 aliphatic heterocycles. The Labute approximate surface area is 54.0 Å². The molecular formula is MoS5. The molecule has 0 spiro atoms. The molecule has 36 valence electrons. The van der Waals surface area contributed by atoms with Crippen LogP contribution in [0.25, 0.3) is 0 Å². The monoisotopic (exact) mass is 258 g/mol. The Morgan fingerprint density at radius 2 is 0.667 bits per heavy atom. The first-order valence-electron chi connectivity index (χ1n) is 0.833. The molecule has 0 aliphatic carbocycles. The van der Waals surface area contributed by atoms with Crippen LogP contribution in [0.15, 0.2) is 0 Å². The van der Waals surface area contributed by atoms with Gasteiger partial charge in [0.15, 0.2) is 0 Å². The maximum absolute atomic E-state index is 4.49. The van der Waals surface area contributed by atoms with Gasteiger partial charge in [-0.1, -0.05) is 0 Å². The first-order chi connectivity index (χ1) is 2.24. The van der Waals surface area contributed by atoms with Crippen molar-refractivity contribution in [3.63, 3.8) is 0 Å². The fraction of sp³-hybridized carbons (Fsp3) is 0. The molecule has 0 aromatic carbocycles. The molecule has 0 bridgehead atoms. The zero-order chi connectivity index (χ0) is 5.45. The van der Waals surface area contributed by atoms with Gasteiger partial charge >= 0.3 is 54.8 Å². The molecule has 0 nitrogen and oxygen atoms in total. The second-order valence-electron chi connectivity index (χ2n) is 0.680. The summed E-state index contributed by atoms with van der Waals surface area (Å²) in [7, 11) is 22.4. The molecule has 0 aromatic rings. The van der Waals surface area contributed by atoms with E-state index in [1.807, 2.05) is 0 Å². The van der Waals surface area contributed by atoms with Crippen LogP contribution in [0.4, 0.5) is 0 Å². The molecule has 0 saturated carbocycles. The second-order valence-corrected chi connectivity index (χ2v) is 36.2. The Kier molecular flexibility index (Phi) is 2.12. The Hall–Kier alpha value is 1.79. The molecule has 6 heteroatoms. The van der Waals surface area contributed by atoms with Crippen molar-refractivity contribution in [2.45, 2.75) is 0 Å². The summed E-state index contributed by atoms with van der Waals surface area (Å²) in [6.45, 7) is 0. The Bertz CT molecular complexity index is 274. The van der Waals surface area contributed by atoms with Gasteiger partial charge in [0.05, 0.1) is 0 Å². The predicted octanol–water partition coefficient (Wildman–Crippen LogP) is 3.24. The van der Waals surface area contributed by atoms with E-state index in [2.05, 4.69) is 49.1 Å². The summed E-state index contributed by atoms with van der Waals surface area (Å²) < 4.78 is 0. The van der Waals surface area contributed by atoms with Crippen LogP contribution in [-0.2, 0) is 5.71 Å². The van der Waals surface area contributed by atoms with Crippen LogP contribution < -0.4 is 0 Å². The van der Waals surface area contributed by atoms with Crippen molar-refractivity contribution in [3.8, 4) is 0 Å². The van der Waals surface area contributed by atoms with Gasteiger partial charge < -0.3 is 0 Å². The zero-order valence-corrected chi connectivity index (χ0v) is 8.54. The molecule has 0 heterocycles. The number of hydrogen-bond donors (Lipinski definition) is 0. The molecule has 0 rings (SSSR count). The molecule has 0 aliphatic rings. The Morgan fingerprint density at radius 1 is 0.667 bits per heavy atom. The van der Waals surface area contributed by atoms with Crippen LogP contribution >= 0.6 is 49.1 Å². The van der Waals surface area contributed by atoms with Crippen LogP contribution in [0.5, 0.6) is 0 Å². The summed E-state index contributed by atoms with van der Waals surface area (Å²) in [6.07, 6.45) is 0. The SMILES string of the molecule is [S]=[Mo](=[S])(=[S])(=[S])=[S]. The molecule has 0 saturated heterocycles. The van der Waals surface area contributed by atoms with Crippen molar-refractivity contribution >= 4 is 49.1 Å². The summed E-state index contributed by atoms with van der Waals surface area (Å²) in [5, 5.41) is 0. The van der Waals surface area contributed by atoms with Crippen molar-refractivity contribution in [1.82, 2.24) is 0 Å². The van der Waals surface area contributed by atoms with Gasteiger partial charge in [0.2, 0.25) is 0 Å². The molecule has 0 fully saturated rings. The van der Waals surface area contributed by atoms with E-state index in [0.717, 1.165) is 0 Å². The van der Waals surface area contributed by atoms with Crippen LogP contribution in [-0.4, -0.2) is 0 Å². The average molecular weight is 256 g/mol. The van der Waals surface area contributed by atoms with E-state index in [0.29, 0.717) is 0 Å². The normalized spacial score (nSPS) is 10.0. The molecule has 6 heavy (non-hydrogen) atoms. The number of rotatable bonds is 0. The van der Waals surface area contributed by atoms with Crippen LogP contribution in [0, 0.1) is 0 Å². The van der Waals surface area contributed by atoms with Crippen LogP contribution in [0.1, 0.15) is 0 Å². The molecular weight excluding hydrogens is 256 g/mol. The third kappa shape index (κ3) is 41.5. The first-order valence-corrected chi connectivity index (χ1v) is 14.8. The van der Waals surface area contributed by atoms with Gasteiger partial charge in [-0.25, -0.2) is 0 Å². The van der Waals surface area contributed by atoms with Crippen LogP contribution in [0.2, 0.25) is 0 Å². The van der Waals surface area contributed by atoms with Crippen molar-refractivity contribution in [3.05, 3.63) is 0 Å². The molecule has 0 aromatic heterocycles. The van der Waals surface area contributed by atoms with Gasteiger partial charge in [0, 0.05) is 0 Å². The summed E-state index contributed by atoms with van der Waals surface area (Å²) in [5.74, 6) is 0. The summed E-state index contributed by atoms with van der Waals surface area (Å²) in [6, 6.07) is 0. The Balaban J connectivity index is 7.45. The summed E-state index contributed by atoms with van der Waals surface area (Å²) >= 11 is 0. The average Bonchev–Trinajstić information content (AvgIpc) is 0.650. The van der Waals surface area contributed by atoms with Crippen LogP contribution in [0.3, 0.4) is 0 Å². The van der Waals surface area contributed by atoms with Crippen molar-refractivity contribution in [2.24, 2.45) is 0 Å². The fourth-order valence-corrected chi connectivity index (χ4v) is 0. The van der Waals surface area contributed by atoms with Gasteiger partial charge in [0.25, 0.3) is 0 Å². The van der Waals surface area contributed by atoms with Crippen molar-refractivity contribution in [2.75, 3.05) is 0 Å². The van der Waals surface area contributed by atoms with E-state index in [1.54, 1.807) is 0 Å². The molecule has 0 atom stereocenters. The third-order valence-corrected chi connectivity index (χ3v) is 0. The maximum atomic E-state index is 4.49. The first kappa shape index (κ1) is 7.79. The summed E-state index contributed by atoms with van der Waals surface area (Å²) in [4.78, 5) is 0. The summed E-state index contributed by atoms with van der Waals surface area (Å²) in [5.41, 5.74) is -3.70. The molecule has 0 unspecified atom stereocenters. The minimum absolute atomic E-state index is 3.70. The predicted molar refractivity (Wildman–Crippen MR) is 38.0 cm³/mol. The van der Waals surface area contributed by atoms with Gasteiger partial charge in [0.1, 0.15) is 0 Å².